The molecule has 7 heavy (non-hydrogen) atoms. The van der Waals surface area contributed by atoms with Crippen molar-refractivity contribution in [3.63, 3.8) is 0 Å². The van der Waals surface area contributed by atoms with Crippen molar-refractivity contribution in [3.8, 4) is 0 Å². The van der Waals surface area contributed by atoms with Gasteiger partial charge in [-0.1, -0.05) is 6.92 Å². The molecule has 1 aromatic rings. The molecule has 0 spiro atoms. The van der Waals surface area contributed by atoms with Crippen molar-refractivity contribution < 1.29 is 0 Å². The zero-order chi connectivity index (χ0) is 5.11. The Balaban J connectivity index is 3.02. The van der Waals surface area contributed by atoms with E-state index >= 15 is 0 Å². The third-order valence-corrected chi connectivity index (χ3v) is 0.865. The molecule has 0 aromatic heterocycles. The van der Waals surface area contributed by atoms with Crippen molar-refractivity contribution in [1.29, 1.82) is 0 Å². The smallest absolute Gasteiger partial charge is 0.0630 e. The van der Waals surface area contributed by atoms with Gasteiger partial charge in [-0.05, 0) is 0 Å². The molecule has 1 rings (SSSR count). The highest BCUT2D eigenvalue weighted by Gasteiger charge is 1.61. The molecule has 36 valence electrons. The van der Waals surface area contributed by atoms with Gasteiger partial charge in [-0.15, -0.1) is 0 Å². The predicted octanol–water partition coefficient (Wildman–Crippen LogP) is 1.80. The van der Waals surface area contributed by atoms with Gasteiger partial charge in [-0.3, -0.25) is 0 Å². The Hall–Kier alpha value is -0.780. The quantitative estimate of drug-likeness (QED) is 0.427. The number of benzene rings is 1. The number of hydrogen-bond donors (Lipinski definition) is 0. The van der Waals surface area contributed by atoms with Crippen LogP contribution in [0.4, 0.5) is 0 Å². The summed E-state index contributed by atoms with van der Waals surface area (Å²) >= 11 is 0. The van der Waals surface area contributed by atoms with Gasteiger partial charge in [0.1, 0.15) is 0 Å². The van der Waals surface area contributed by atoms with E-state index in [1.807, 2.05) is 31.2 Å². The van der Waals surface area contributed by atoms with Crippen LogP contribution in [-0.2, 0) is 0 Å². The maximum absolute atomic E-state index is 3.03. The van der Waals surface area contributed by atoms with E-state index in [9.17, 15) is 0 Å². The van der Waals surface area contributed by atoms with Crippen molar-refractivity contribution in [2.75, 3.05) is 0 Å². The molecule has 0 bridgehead atoms. The zero-order valence-electron chi connectivity index (χ0n) is 4.31. The van der Waals surface area contributed by atoms with Crippen LogP contribution < -0.4 is 0 Å². The SMILES string of the molecule is Cc1[c-]cccc1. The first-order valence-electron chi connectivity index (χ1n) is 2.33. The van der Waals surface area contributed by atoms with Crippen molar-refractivity contribution >= 4 is 0 Å². The van der Waals surface area contributed by atoms with E-state index in [1.165, 1.54) is 5.56 Å². The normalized spacial score (nSPS) is 8.71. The average Bonchev–Trinajstić information content (AvgIpc) is 1.69. The summed E-state index contributed by atoms with van der Waals surface area (Å²) in [4.78, 5) is 0. The predicted molar refractivity (Wildman–Crippen MR) is 30.0 cm³/mol. The fourth-order valence-electron chi connectivity index (χ4n) is 0.483. The van der Waals surface area contributed by atoms with Crippen molar-refractivity contribution in [2.24, 2.45) is 0 Å². The second kappa shape index (κ2) is 1.78. The van der Waals surface area contributed by atoms with Crippen molar-refractivity contribution in [1.82, 2.24) is 0 Å². The number of aryl methyl sites for hydroxylation is 1. The highest BCUT2D eigenvalue weighted by Crippen LogP contribution is 1.90. The molecule has 0 saturated carbocycles. The van der Waals surface area contributed by atoms with Gasteiger partial charge in [0, 0.05) is 0 Å². The minimum Gasteiger partial charge on any atom is -0.181 e. The zero-order valence-corrected chi connectivity index (χ0v) is 4.31. The van der Waals surface area contributed by atoms with E-state index < -0.39 is 0 Å². The van der Waals surface area contributed by atoms with E-state index in [2.05, 4.69) is 6.07 Å². The first-order chi connectivity index (χ1) is 3.39. The summed E-state index contributed by atoms with van der Waals surface area (Å²) in [5.41, 5.74) is 1.20. The summed E-state index contributed by atoms with van der Waals surface area (Å²) in [6, 6.07) is 10.9. The lowest BCUT2D eigenvalue weighted by atomic mass is 10.2. The molecule has 0 fully saturated rings. The molecule has 0 saturated heterocycles. The molecule has 0 heterocycles. The van der Waals surface area contributed by atoms with Gasteiger partial charge in [0.05, 0.1) is 0 Å². The van der Waals surface area contributed by atoms with Gasteiger partial charge < -0.3 is 0 Å². The van der Waals surface area contributed by atoms with Crippen LogP contribution in [0.3, 0.4) is 0 Å². The van der Waals surface area contributed by atoms with Gasteiger partial charge in [0.15, 0.2) is 0 Å². The van der Waals surface area contributed by atoms with E-state index in [-0.39, 0.29) is 0 Å². The van der Waals surface area contributed by atoms with Crippen LogP contribution in [0.1, 0.15) is 5.56 Å². The minimum absolute atomic E-state index is 1.20. The van der Waals surface area contributed by atoms with E-state index in [0.717, 1.165) is 0 Å². The van der Waals surface area contributed by atoms with Crippen LogP contribution in [0.2, 0.25) is 0 Å². The molecule has 0 N–H and O–H groups in total. The van der Waals surface area contributed by atoms with Crippen LogP contribution in [0, 0.1) is 13.0 Å². The van der Waals surface area contributed by atoms with Crippen molar-refractivity contribution in [2.45, 2.75) is 6.92 Å². The first-order valence-corrected chi connectivity index (χ1v) is 2.33. The molecule has 0 aliphatic carbocycles. The van der Waals surface area contributed by atoms with Gasteiger partial charge in [-0.2, -0.15) is 35.9 Å². The molecule has 0 aliphatic heterocycles. The second-order valence-electron chi connectivity index (χ2n) is 1.55. The first kappa shape index (κ1) is 4.38. The standard InChI is InChI=1S/C7H7/c1-7-5-3-2-4-6-7/h2-5H,1H3/q-1. The van der Waals surface area contributed by atoms with E-state index in [4.69, 9.17) is 0 Å². The molecule has 0 radical (unpaired) electrons. The van der Waals surface area contributed by atoms with Gasteiger partial charge in [0.25, 0.3) is 0 Å². The monoisotopic (exact) mass is 91.1 g/mol. The summed E-state index contributed by atoms with van der Waals surface area (Å²) in [6.07, 6.45) is 0. The summed E-state index contributed by atoms with van der Waals surface area (Å²) in [5, 5.41) is 0. The van der Waals surface area contributed by atoms with Crippen LogP contribution >= 0.6 is 0 Å². The highest BCUT2D eigenvalue weighted by atomic mass is 13.8. The fraction of sp³-hybridized carbons (Fsp3) is 0.143. The molecule has 0 unspecified atom stereocenters. The van der Waals surface area contributed by atoms with Gasteiger partial charge in [0.2, 0.25) is 0 Å². The molecule has 0 heteroatoms. The lowest BCUT2D eigenvalue weighted by Gasteiger charge is -1.93. The Morgan fingerprint density at radius 2 is 2.29 bits per heavy atom. The van der Waals surface area contributed by atoms with Crippen LogP contribution in [-0.4, -0.2) is 0 Å². The minimum atomic E-state index is 1.20. The fourth-order valence-corrected chi connectivity index (χ4v) is 0.483. The third-order valence-electron chi connectivity index (χ3n) is 0.865. The van der Waals surface area contributed by atoms with Crippen LogP contribution in [0.15, 0.2) is 24.3 Å². The largest absolute Gasteiger partial charge is 0.181 e. The molecule has 0 aliphatic rings. The number of rotatable bonds is 0. The van der Waals surface area contributed by atoms with Gasteiger partial charge in [-0.25, -0.2) is 0 Å². The van der Waals surface area contributed by atoms with Crippen LogP contribution in [0.5, 0.6) is 0 Å². The third kappa shape index (κ3) is 1.04. The van der Waals surface area contributed by atoms with Gasteiger partial charge >= 0.3 is 0 Å². The molecular formula is C7H7-. The average molecular weight is 91.1 g/mol. The Labute approximate surface area is 43.8 Å². The Morgan fingerprint density at radius 1 is 1.43 bits per heavy atom. The topological polar surface area (TPSA) is 0 Å². The maximum atomic E-state index is 3.03. The summed E-state index contributed by atoms with van der Waals surface area (Å²) < 4.78 is 0. The number of hydrogen-bond acceptors (Lipinski definition) is 0. The molecule has 0 amide bonds. The Bertz CT molecular complexity index is 130. The highest BCUT2D eigenvalue weighted by molar-refractivity contribution is 5.09. The lowest BCUT2D eigenvalue weighted by molar-refractivity contribution is 1.46. The molecular weight excluding hydrogens is 84.1 g/mol. The Kier molecular flexibility index (Phi) is 1.12. The second-order valence-corrected chi connectivity index (χ2v) is 1.55. The van der Waals surface area contributed by atoms with Crippen molar-refractivity contribution in [3.05, 3.63) is 35.9 Å². The van der Waals surface area contributed by atoms with Crippen LogP contribution in [0.25, 0.3) is 0 Å². The summed E-state index contributed by atoms with van der Waals surface area (Å²) in [6.45, 7) is 2.03. The molecule has 1 aromatic carbocycles. The van der Waals surface area contributed by atoms with E-state index in [0.29, 0.717) is 0 Å². The summed E-state index contributed by atoms with van der Waals surface area (Å²) in [5.74, 6) is 0. The lowest BCUT2D eigenvalue weighted by Crippen LogP contribution is -1.63. The summed E-state index contributed by atoms with van der Waals surface area (Å²) in [7, 11) is 0. The molecule has 0 nitrogen and oxygen atoms in total. The van der Waals surface area contributed by atoms with E-state index in [1.54, 1.807) is 0 Å². The maximum Gasteiger partial charge on any atom is -0.0630 e. The molecule has 0 atom stereocenters. The Morgan fingerprint density at radius 3 is 2.57 bits per heavy atom.